The van der Waals surface area contributed by atoms with Gasteiger partial charge in [0.25, 0.3) is 0 Å². The molecule has 1 aromatic heterocycles. The third-order valence-electron chi connectivity index (χ3n) is 3.44. The maximum Gasteiger partial charge on any atom is 0.316 e. The van der Waals surface area contributed by atoms with Crippen molar-refractivity contribution in [2.24, 2.45) is 0 Å². The van der Waals surface area contributed by atoms with Gasteiger partial charge < -0.3 is 9.72 Å². The van der Waals surface area contributed by atoms with E-state index < -0.39 is 6.10 Å². The normalized spacial score (nSPS) is 13.1. The number of ether oxygens (including phenoxy) is 1. The third kappa shape index (κ3) is 4.38. The molecule has 5 heteroatoms. The highest BCUT2D eigenvalue weighted by molar-refractivity contribution is 8.01. The number of ketones is 1. The van der Waals surface area contributed by atoms with Gasteiger partial charge >= 0.3 is 5.97 Å². The lowest BCUT2D eigenvalue weighted by molar-refractivity contribution is -0.143. The zero-order chi connectivity index (χ0) is 17.2. The number of H-pyrrole nitrogens is 1. The van der Waals surface area contributed by atoms with Crippen LogP contribution in [0.25, 0.3) is 10.9 Å². The Morgan fingerprint density at radius 3 is 2.57 bits per heavy atom. The molecule has 0 amide bonds. The standard InChI is InChI=1S/C18H23NO3S/c1-11-16(13-8-6-7-9-14(13)19-11)17(21)12(2)22-15(20)10-23-18(3,4)5/h6-9,12,19H,10H2,1-5H3/t12-/m1/s1. The highest BCUT2D eigenvalue weighted by atomic mass is 32.2. The SMILES string of the molecule is Cc1[nH]c2ccccc2c1C(=O)[C@@H](C)OC(=O)CSC(C)(C)C. The quantitative estimate of drug-likeness (QED) is 0.660. The van der Waals surface area contributed by atoms with Gasteiger partial charge in [0.2, 0.25) is 5.78 Å². The minimum atomic E-state index is -0.791. The average molecular weight is 333 g/mol. The van der Waals surface area contributed by atoms with E-state index in [1.54, 1.807) is 6.92 Å². The number of aromatic nitrogens is 1. The summed E-state index contributed by atoms with van der Waals surface area (Å²) in [5.74, 6) is -0.286. The predicted molar refractivity (Wildman–Crippen MR) is 95.1 cm³/mol. The first-order valence-corrected chi connectivity index (χ1v) is 8.62. The molecule has 0 unspecified atom stereocenters. The fraction of sp³-hybridized carbons (Fsp3) is 0.444. The van der Waals surface area contributed by atoms with Gasteiger partial charge in [0.05, 0.1) is 5.75 Å². The Balaban J connectivity index is 2.10. The number of hydrogen-bond donors (Lipinski definition) is 1. The summed E-state index contributed by atoms with van der Waals surface area (Å²) in [6.45, 7) is 9.60. The average Bonchev–Trinajstić information content (AvgIpc) is 2.79. The van der Waals surface area contributed by atoms with Crippen LogP contribution in [0.15, 0.2) is 24.3 Å². The summed E-state index contributed by atoms with van der Waals surface area (Å²) in [7, 11) is 0. The largest absolute Gasteiger partial charge is 0.454 e. The van der Waals surface area contributed by atoms with Crippen LogP contribution >= 0.6 is 11.8 Å². The molecule has 124 valence electrons. The number of nitrogens with one attached hydrogen (secondary N) is 1. The number of Topliss-reactive ketones (excluding diaryl/α,β-unsaturated/α-hetero) is 1. The summed E-state index contributed by atoms with van der Waals surface area (Å²) >= 11 is 1.51. The summed E-state index contributed by atoms with van der Waals surface area (Å²) in [6, 6.07) is 7.63. The molecule has 1 heterocycles. The van der Waals surface area contributed by atoms with Gasteiger partial charge in [0, 0.05) is 26.9 Å². The van der Waals surface area contributed by atoms with Crippen LogP contribution in [-0.2, 0) is 9.53 Å². The van der Waals surface area contributed by atoms with Crippen LogP contribution in [0.5, 0.6) is 0 Å². The molecule has 0 aliphatic carbocycles. The van der Waals surface area contributed by atoms with Crippen LogP contribution < -0.4 is 0 Å². The molecule has 0 radical (unpaired) electrons. The zero-order valence-corrected chi connectivity index (χ0v) is 15.0. The number of thioether (sulfide) groups is 1. The second-order valence-corrected chi connectivity index (χ2v) is 8.37. The Labute approximate surface area is 141 Å². The Morgan fingerprint density at radius 1 is 1.26 bits per heavy atom. The van der Waals surface area contributed by atoms with Crippen LogP contribution in [-0.4, -0.2) is 33.3 Å². The van der Waals surface area contributed by atoms with Crippen LogP contribution in [0.4, 0.5) is 0 Å². The molecule has 1 N–H and O–H groups in total. The fourth-order valence-corrected chi connectivity index (χ4v) is 2.98. The summed E-state index contributed by atoms with van der Waals surface area (Å²) in [5.41, 5.74) is 2.31. The molecule has 0 saturated carbocycles. The molecule has 1 aromatic carbocycles. The monoisotopic (exact) mass is 333 g/mol. The van der Waals surface area contributed by atoms with Gasteiger partial charge in [-0.3, -0.25) is 9.59 Å². The van der Waals surface area contributed by atoms with Crippen molar-refractivity contribution in [3.8, 4) is 0 Å². The third-order valence-corrected chi connectivity index (χ3v) is 4.69. The Kier molecular flexibility index (Phi) is 5.19. The predicted octanol–water partition coefficient (Wildman–Crippen LogP) is 4.12. The topological polar surface area (TPSA) is 59.2 Å². The number of carbonyl (C=O) groups excluding carboxylic acids is 2. The molecular weight excluding hydrogens is 310 g/mol. The maximum atomic E-state index is 12.7. The molecule has 0 fully saturated rings. The second kappa shape index (κ2) is 6.79. The van der Waals surface area contributed by atoms with E-state index >= 15 is 0 Å². The van der Waals surface area contributed by atoms with Crippen molar-refractivity contribution in [2.45, 2.75) is 45.5 Å². The van der Waals surface area contributed by atoms with Gasteiger partial charge in [-0.05, 0) is 19.9 Å². The Hall–Kier alpha value is -1.75. The van der Waals surface area contributed by atoms with E-state index in [-0.39, 0.29) is 22.3 Å². The number of carbonyl (C=O) groups is 2. The minimum Gasteiger partial charge on any atom is -0.454 e. The molecule has 0 saturated heterocycles. The molecule has 0 bridgehead atoms. The highest BCUT2D eigenvalue weighted by Gasteiger charge is 2.25. The van der Waals surface area contributed by atoms with Crippen molar-refractivity contribution in [2.75, 3.05) is 5.75 Å². The number of para-hydroxylation sites is 1. The van der Waals surface area contributed by atoms with E-state index in [2.05, 4.69) is 4.98 Å². The van der Waals surface area contributed by atoms with E-state index in [9.17, 15) is 9.59 Å². The van der Waals surface area contributed by atoms with E-state index in [1.165, 1.54) is 11.8 Å². The lowest BCUT2D eigenvalue weighted by Gasteiger charge is -2.18. The van der Waals surface area contributed by atoms with Gasteiger partial charge in [-0.1, -0.05) is 39.0 Å². The van der Waals surface area contributed by atoms with Crippen LogP contribution in [0.1, 0.15) is 43.7 Å². The first kappa shape index (κ1) is 17.6. The lowest BCUT2D eigenvalue weighted by Crippen LogP contribution is -2.26. The summed E-state index contributed by atoms with van der Waals surface area (Å²) in [4.78, 5) is 27.8. The molecular formula is C18H23NO3S. The first-order valence-electron chi connectivity index (χ1n) is 7.64. The number of rotatable bonds is 5. The number of benzene rings is 1. The van der Waals surface area contributed by atoms with E-state index in [0.29, 0.717) is 5.56 Å². The maximum absolute atomic E-state index is 12.7. The lowest BCUT2D eigenvalue weighted by atomic mass is 10.0. The fourth-order valence-electron chi connectivity index (χ4n) is 2.36. The molecule has 0 aliphatic rings. The molecule has 1 atom stereocenters. The summed E-state index contributed by atoms with van der Waals surface area (Å²) < 4.78 is 5.30. The van der Waals surface area contributed by atoms with Crippen LogP contribution in [0, 0.1) is 6.92 Å². The second-order valence-electron chi connectivity index (χ2n) is 6.57. The van der Waals surface area contributed by atoms with Crippen molar-refractivity contribution in [3.63, 3.8) is 0 Å². The molecule has 2 rings (SSSR count). The van der Waals surface area contributed by atoms with Crippen molar-refractivity contribution in [1.29, 1.82) is 0 Å². The van der Waals surface area contributed by atoms with Crippen molar-refractivity contribution >= 4 is 34.4 Å². The number of fused-ring (bicyclic) bond motifs is 1. The molecule has 0 spiro atoms. The van der Waals surface area contributed by atoms with Gasteiger partial charge in [0.15, 0.2) is 6.10 Å². The minimum absolute atomic E-state index is 0.0142. The Morgan fingerprint density at radius 2 is 1.91 bits per heavy atom. The molecule has 2 aromatic rings. The van der Waals surface area contributed by atoms with Gasteiger partial charge in [-0.2, -0.15) is 0 Å². The van der Waals surface area contributed by atoms with Crippen molar-refractivity contribution < 1.29 is 14.3 Å². The van der Waals surface area contributed by atoms with Gasteiger partial charge in [0.1, 0.15) is 0 Å². The van der Waals surface area contributed by atoms with Gasteiger partial charge in [-0.25, -0.2) is 0 Å². The van der Waals surface area contributed by atoms with Gasteiger partial charge in [-0.15, -0.1) is 11.8 Å². The van der Waals surface area contributed by atoms with Crippen molar-refractivity contribution in [1.82, 2.24) is 4.98 Å². The summed E-state index contributed by atoms with van der Waals surface area (Å²) in [6.07, 6.45) is -0.791. The molecule has 23 heavy (non-hydrogen) atoms. The number of esters is 1. The van der Waals surface area contributed by atoms with E-state index in [1.807, 2.05) is 52.0 Å². The Bertz CT molecular complexity index is 727. The number of hydrogen-bond acceptors (Lipinski definition) is 4. The van der Waals surface area contributed by atoms with E-state index in [4.69, 9.17) is 4.74 Å². The van der Waals surface area contributed by atoms with Crippen LogP contribution in [0.3, 0.4) is 0 Å². The van der Waals surface area contributed by atoms with E-state index in [0.717, 1.165) is 16.6 Å². The van der Waals surface area contributed by atoms with Crippen LogP contribution in [0.2, 0.25) is 0 Å². The molecule has 0 aliphatic heterocycles. The highest BCUT2D eigenvalue weighted by Crippen LogP contribution is 2.25. The molecule has 4 nitrogen and oxygen atoms in total. The smallest absolute Gasteiger partial charge is 0.316 e. The number of aromatic amines is 1. The van der Waals surface area contributed by atoms with Crippen molar-refractivity contribution in [3.05, 3.63) is 35.5 Å². The first-order chi connectivity index (χ1) is 10.7. The number of aryl methyl sites for hydroxylation is 1. The summed E-state index contributed by atoms with van der Waals surface area (Å²) in [5, 5.41) is 0.863. The zero-order valence-electron chi connectivity index (χ0n) is 14.2.